The van der Waals surface area contributed by atoms with Crippen molar-refractivity contribution in [1.82, 2.24) is 5.43 Å². The van der Waals surface area contributed by atoms with E-state index < -0.39 is 0 Å². The molecule has 1 amide bonds. The molecule has 0 saturated heterocycles. The molecular formula is C17H16BrFN2O3. The molecule has 2 aromatic rings. The van der Waals surface area contributed by atoms with Gasteiger partial charge in [0.15, 0.2) is 11.5 Å². The van der Waals surface area contributed by atoms with Crippen LogP contribution in [0.3, 0.4) is 0 Å². The fourth-order valence-corrected chi connectivity index (χ4v) is 2.40. The summed E-state index contributed by atoms with van der Waals surface area (Å²) in [6.07, 6.45) is 1.54. The van der Waals surface area contributed by atoms with Crippen molar-refractivity contribution in [3.8, 4) is 11.5 Å². The lowest BCUT2D eigenvalue weighted by atomic mass is 10.1. The Labute approximate surface area is 147 Å². The van der Waals surface area contributed by atoms with Crippen LogP contribution in [0.2, 0.25) is 0 Å². The second-order valence-corrected chi connectivity index (χ2v) is 5.73. The van der Waals surface area contributed by atoms with Crippen molar-refractivity contribution in [1.29, 1.82) is 0 Å². The van der Waals surface area contributed by atoms with Crippen LogP contribution in [0.15, 0.2) is 46.0 Å². The van der Waals surface area contributed by atoms with Gasteiger partial charge in [0.25, 0.3) is 0 Å². The van der Waals surface area contributed by atoms with Crippen molar-refractivity contribution >= 4 is 28.1 Å². The van der Waals surface area contributed by atoms with Gasteiger partial charge in [0, 0.05) is 0 Å². The van der Waals surface area contributed by atoms with Crippen LogP contribution < -0.4 is 10.2 Å². The zero-order chi connectivity index (χ0) is 17.5. The largest absolute Gasteiger partial charge is 0.503 e. The van der Waals surface area contributed by atoms with Gasteiger partial charge in [-0.15, -0.1) is 0 Å². The first-order valence-corrected chi connectivity index (χ1v) is 8.00. The highest BCUT2D eigenvalue weighted by Gasteiger charge is 2.08. The normalized spacial score (nSPS) is 10.8. The van der Waals surface area contributed by atoms with Crippen LogP contribution in [0, 0.1) is 5.82 Å². The number of phenols is 1. The van der Waals surface area contributed by atoms with Crippen LogP contribution in [0.4, 0.5) is 4.39 Å². The number of aromatic hydroxyl groups is 1. The number of nitrogens with one attached hydrogen (secondary N) is 1. The summed E-state index contributed by atoms with van der Waals surface area (Å²) >= 11 is 3.23. The highest BCUT2D eigenvalue weighted by atomic mass is 79.9. The van der Waals surface area contributed by atoms with Gasteiger partial charge in [0.05, 0.1) is 23.7 Å². The van der Waals surface area contributed by atoms with Crippen LogP contribution in [-0.4, -0.2) is 23.8 Å². The molecule has 0 aromatic heterocycles. The van der Waals surface area contributed by atoms with Gasteiger partial charge < -0.3 is 9.84 Å². The maximum atomic E-state index is 12.8. The molecule has 7 heteroatoms. The summed E-state index contributed by atoms with van der Waals surface area (Å²) in [5, 5.41) is 13.7. The zero-order valence-electron chi connectivity index (χ0n) is 12.9. The molecule has 0 radical (unpaired) electrons. The molecule has 5 nitrogen and oxygen atoms in total. The Balaban J connectivity index is 1.98. The summed E-state index contributed by atoms with van der Waals surface area (Å²) in [7, 11) is 0. The Kier molecular flexibility index (Phi) is 6.31. The van der Waals surface area contributed by atoms with Crippen molar-refractivity contribution < 1.29 is 19.0 Å². The van der Waals surface area contributed by atoms with Gasteiger partial charge in [0.1, 0.15) is 5.82 Å². The van der Waals surface area contributed by atoms with Crippen LogP contribution in [0.5, 0.6) is 11.5 Å². The van der Waals surface area contributed by atoms with E-state index in [1.165, 1.54) is 18.3 Å². The molecule has 0 aliphatic rings. The molecule has 0 aliphatic heterocycles. The minimum atomic E-state index is -0.347. The molecule has 0 heterocycles. The first-order valence-electron chi connectivity index (χ1n) is 7.21. The van der Waals surface area contributed by atoms with Crippen LogP contribution in [0.1, 0.15) is 18.1 Å². The van der Waals surface area contributed by atoms with Gasteiger partial charge in [-0.3, -0.25) is 4.79 Å². The number of hydrazone groups is 1. The summed E-state index contributed by atoms with van der Waals surface area (Å²) in [5.74, 6) is -0.332. The number of rotatable bonds is 6. The summed E-state index contributed by atoms with van der Waals surface area (Å²) in [6, 6.07) is 8.95. The van der Waals surface area contributed by atoms with Gasteiger partial charge >= 0.3 is 0 Å². The van der Waals surface area contributed by atoms with Gasteiger partial charge in [-0.25, -0.2) is 9.82 Å². The maximum Gasteiger partial charge on any atom is 0.244 e. The van der Waals surface area contributed by atoms with Crippen molar-refractivity contribution in [2.24, 2.45) is 5.10 Å². The SMILES string of the molecule is CCOc1cc(C=NNC(=O)Cc2ccc(F)cc2)cc(Br)c1O. The van der Waals surface area contributed by atoms with Crippen LogP contribution in [-0.2, 0) is 11.2 Å². The number of nitrogens with zero attached hydrogens (tertiary/aromatic N) is 1. The lowest BCUT2D eigenvalue weighted by molar-refractivity contribution is -0.120. The predicted octanol–water partition coefficient (Wildman–Crippen LogP) is 3.39. The van der Waals surface area contributed by atoms with E-state index in [0.29, 0.717) is 28.0 Å². The number of carbonyl (C=O) groups is 1. The van der Waals surface area contributed by atoms with E-state index in [4.69, 9.17) is 4.74 Å². The molecule has 0 fully saturated rings. The van der Waals surface area contributed by atoms with Crippen molar-refractivity contribution in [3.05, 3.63) is 57.8 Å². The second-order valence-electron chi connectivity index (χ2n) is 4.88. The lowest BCUT2D eigenvalue weighted by Gasteiger charge is -2.08. The smallest absolute Gasteiger partial charge is 0.244 e. The van der Waals surface area contributed by atoms with E-state index >= 15 is 0 Å². The minimum absolute atomic E-state index is 0.00865. The van der Waals surface area contributed by atoms with E-state index in [-0.39, 0.29) is 23.9 Å². The van der Waals surface area contributed by atoms with E-state index in [9.17, 15) is 14.3 Å². The zero-order valence-corrected chi connectivity index (χ0v) is 14.5. The number of ether oxygens (including phenoxy) is 1. The van der Waals surface area contributed by atoms with Gasteiger partial charge in [-0.05, 0) is 58.2 Å². The molecule has 0 bridgehead atoms. The fraction of sp³-hybridized carbons (Fsp3) is 0.176. The summed E-state index contributed by atoms with van der Waals surface area (Å²) in [6.45, 7) is 2.22. The van der Waals surface area contributed by atoms with Gasteiger partial charge in [0.2, 0.25) is 5.91 Å². The predicted molar refractivity (Wildman–Crippen MR) is 92.8 cm³/mol. The Hall–Kier alpha value is -2.41. The van der Waals surface area contributed by atoms with E-state index in [2.05, 4.69) is 26.5 Å². The first-order chi connectivity index (χ1) is 11.5. The Morgan fingerprint density at radius 2 is 2.08 bits per heavy atom. The quantitative estimate of drug-likeness (QED) is 0.582. The Morgan fingerprint density at radius 1 is 1.38 bits per heavy atom. The highest BCUT2D eigenvalue weighted by Crippen LogP contribution is 2.34. The third-order valence-electron chi connectivity index (χ3n) is 3.03. The number of carbonyl (C=O) groups excluding carboxylic acids is 1. The molecule has 2 N–H and O–H groups in total. The average Bonchev–Trinajstić information content (AvgIpc) is 2.54. The maximum absolute atomic E-state index is 12.8. The second kappa shape index (κ2) is 8.44. The van der Waals surface area contributed by atoms with Gasteiger partial charge in [-0.2, -0.15) is 5.10 Å². The molecule has 0 aliphatic carbocycles. The molecule has 24 heavy (non-hydrogen) atoms. The van der Waals surface area contributed by atoms with Crippen molar-refractivity contribution in [3.63, 3.8) is 0 Å². The first kappa shape index (κ1) is 17.9. The minimum Gasteiger partial charge on any atom is -0.503 e. The third kappa shape index (κ3) is 5.06. The Bertz CT molecular complexity index is 748. The molecule has 126 valence electrons. The lowest BCUT2D eigenvalue weighted by Crippen LogP contribution is -2.19. The number of phenolic OH excluding ortho intramolecular Hbond substituents is 1. The van der Waals surface area contributed by atoms with Crippen LogP contribution in [0.25, 0.3) is 0 Å². The van der Waals surface area contributed by atoms with Crippen molar-refractivity contribution in [2.75, 3.05) is 6.61 Å². The number of hydrogen-bond acceptors (Lipinski definition) is 4. The number of halogens is 2. The summed E-state index contributed by atoms with van der Waals surface area (Å²) in [4.78, 5) is 11.8. The number of benzene rings is 2. The molecule has 0 unspecified atom stereocenters. The standard InChI is InChI=1S/C17H16BrFN2O3/c1-2-24-15-8-12(7-14(18)17(15)23)10-20-21-16(22)9-11-3-5-13(19)6-4-11/h3-8,10,23H,2,9H2,1H3,(H,21,22). The van der Waals surface area contributed by atoms with E-state index in [1.807, 2.05) is 6.92 Å². The van der Waals surface area contributed by atoms with Crippen molar-refractivity contribution in [2.45, 2.75) is 13.3 Å². The molecule has 2 aromatic carbocycles. The molecule has 0 spiro atoms. The number of amides is 1. The fourth-order valence-electron chi connectivity index (χ4n) is 1.94. The van der Waals surface area contributed by atoms with E-state index in [0.717, 1.165) is 0 Å². The van der Waals surface area contributed by atoms with Crippen LogP contribution >= 0.6 is 15.9 Å². The highest BCUT2D eigenvalue weighted by molar-refractivity contribution is 9.10. The average molecular weight is 395 g/mol. The van der Waals surface area contributed by atoms with Gasteiger partial charge in [-0.1, -0.05) is 12.1 Å². The molecule has 2 rings (SSSR count). The Morgan fingerprint density at radius 3 is 2.75 bits per heavy atom. The summed E-state index contributed by atoms with van der Waals surface area (Å²) < 4.78 is 18.6. The van der Waals surface area contributed by atoms with E-state index in [1.54, 1.807) is 24.3 Å². The monoisotopic (exact) mass is 394 g/mol. The molecular weight excluding hydrogens is 379 g/mol. The number of hydrogen-bond donors (Lipinski definition) is 2. The molecule has 0 atom stereocenters. The third-order valence-corrected chi connectivity index (χ3v) is 3.64. The summed E-state index contributed by atoms with van der Waals surface area (Å²) in [5.41, 5.74) is 3.73. The topological polar surface area (TPSA) is 70.9 Å². The molecule has 0 saturated carbocycles.